The number of aliphatic hydroxyl groups is 1. The quantitative estimate of drug-likeness (QED) is 0.370. The number of likely N-dealkylation sites (tertiary alicyclic amines) is 1. The number of carbonyl (C=O) groups is 3. The third-order valence-corrected chi connectivity index (χ3v) is 10.9. The van der Waals surface area contributed by atoms with Crippen LogP contribution in [0.4, 0.5) is 17.1 Å². The van der Waals surface area contributed by atoms with E-state index in [1.807, 2.05) is 31.2 Å². The number of carbonyl (C=O) groups excluding carboxylic acids is 3. The molecule has 3 aliphatic rings. The Hall–Kier alpha value is -3.24. The molecule has 0 aliphatic carbocycles. The lowest BCUT2D eigenvalue weighted by Gasteiger charge is -2.38. The fourth-order valence-corrected chi connectivity index (χ4v) is 9.47. The van der Waals surface area contributed by atoms with Crippen LogP contribution in [0.25, 0.3) is 0 Å². The third kappa shape index (κ3) is 5.05. The van der Waals surface area contributed by atoms with Crippen LogP contribution in [0.5, 0.6) is 5.75 Å². The number of aliphatic hydroxyl groups excluding tert-OH is 1. The number of hydrogen-bond acceptors (Lipinski definition) is 7. The second-order valence-electron chi connectivity index (χ2n) is 11.0. The number of nitrogens with one attached hydrogen (secondary N) is 2. The molecule has 2 aromatic rings. The van der Waals surface area contributed by atoms with E-state index in [1.165, 1.54) is 4.90 Å². The Morgan fingerprint density at radius 1 is 1.02 bits per heavy atom. The Kier molecular flexibility index (Phi) is 8.52. The highest BCUT2D eigenvalue weighted by molar-refractivity contribution is 8.02. The largest absolute Gasteiger partial charge is 0.494 e. The molecule has 1 spiro atoms. The molecule has 3 fully saturated rings. The van der Waals surface area contributed by atoms with Crippen molar-refractivity contribution in [1.29, 1.82) is 0 Å². The van der Waals surface area contributed by atoms with E-state index in [0.717, 1.165) is 30.9 Å². The molecule has 9 nitrogen and oxygen atoms in total. The zero-order valence-corrected chi connectivity index (χ0v) is 24.9. The van der Waals surface area contributed by atoms with Gasteiger partial charge in [-0.1, -0.05) is 6.92 Å². The van der Waals surface area contributed by atoms with Crippen molar-refractivity contribution in [1.82, 2.24) is 4.90 Å². The Labute approximate surface area is 246 Å². The monoisotopic (exact) mass is 580 g/mol. The fourth-order valence-electron chi connectivity index (χ4n) is 7.05. The van der Waals surface area contributed by atoms with Gasteiger partial charge in [0.2, 0.25) is 17.7 Å². The van der Waals surface area contributed by atoms with Gasteiger partial charge < -0.3 is 30.3 Å². The first kappa shape index (κ1) is 29.3. The molecule has 2 aromatic carbocycles. The van der Waals surface area contributed by atoms with Crippen molar-refractivity contribution in [2.24, 2.45) is 17.8 Å². The van der Waals surface area contributed by atoms with Crippen LogP contribution >= 0.6 is 11.8 Å². The van der Waals surface area contributed by atoms with Crippen LogP contribution in [-0.4, -0.2) is 76.6 Å². The number of benzene rings is 2. The van der Waals surface area contributed by atoms with Crippen molar-refractivity contribution in [3.8, 4) is 5.75 Å². The summed E-state index contributed by atoms with van der Waals surface area (Å²) in [5.41, 5.74) is 2.36. The summed E-state index contributed by atoms with van der Waals surface area (Å²) in [5.74, 6) is -1.17. The van der Waals surface area contributed by atoms with Gasteiger partial charge in [0.25, 0.3) is 0 Å². The summed E-state index contributed by atoms with van der Waals surface area (Å²) in [7, 11) is 0. The Morgan fingerprint density at radius 3 is 2.22 bits per heavy atom. The number of nitrogens with zero attached hydrogens (tertiary/aromatic N) is 2. The predicted octanol–water partition coefficient (Wildman–Crippen LogP) is 3.84. The topological polar surface area (TPSA) is 111 Å². The molecule has 41 heavy (non-hydrogen) atoms. The van der Waals surface area contributed by atoms with Gasteiger partial charge >= 0.3 is 0 Å². The summed E-state index contributed by atoms with van der Waals surface area (Å²) in [6.45, 7) is 10.3. The number of rotatable bonds is 11. The summed E-state index contributed by atoms with van der Waals surface area (Å²) in [5, 5.41) is 15.8. The molecule has 3 aliphatic heterocycles. The average molecular weight is 581 g/mol. The summed E-state index contributed by atoms with van der Waals surface area (Å²) in [6.07, 6.45) is 0.741. The maximum Gasteiger partial charge on any atom is 0.248 e. The van der Waals surface area contributed by atoms with Gasteiger partial charge in [0.1, 0.15) is 11.8 Å². The van der Waals surface area contributed by atoms with E-state index in [2.05, 4.69) is 36.3 Å². The minimum Gasteiger partial charge on any atom is -0.494 e. The predicted molar refractivity (Wildman–Crippen MR) is 162 cm³/mol. The van der Waals surface area contributed by atoms with E-state index < -0.39 is 22.6 Å². The van der Waals surface area contributed by atoms with Crippen LogP contribution in [0.2, 0.25) is 0 Å². The van der Waals surface area contributed by atoms with Crippen molar-refractivity contribution in [3.63, 3.8) is 0 Å². The van der Waals surface area contributed by atoms with E-state index in [9.17, 15) is 19.5 Å². The molecule has 0 radical (unpaired) electrons. The van der Waals surface area contributed by atoms with Gasteiger partial charge in [-0.05, 0) is 81.6 Å². The van der Waals surface area contributed by atoms with Crippen LogP contribution in [-0.2, 0) is 14.4 Å². The number of β-amino-alcohol motifs (C(OH)–C–C–N with tert-alkyl or cyclic N) is 1. The molecule has 2 bridgehead atoms. The SMILES string of the molecule is CCOc1ccc(NC(=O)[C@@H]2[C@H]3C(=O)N(CCO)C(C(=O)Nc4ccc(N(CC)CC)cc4)C34S[C@@H]2CC4C)cc1. The van der Waals surface area contributed by atoms with Gasteiger partial charge in [-0.25, -0.2) is 0 Å². The first-order valence-electron chi connectivity index (χ1n) is 14.6. The zero-order valence-electron chi connectivity index (χ0n) is 24.1. The molecule has 0 aromatic heterocycles. The van der Waals surface area contributed by atoms with Gasteiger partial charge in [0, 0.05) is 41.9 Å². The van der Waals surface area contributed by atoms with Crippen LogP contribution in [0.1, 0.15) is 34.1 Å². The number of thioether (sulfide) groups is 1. The van der Waals surface area contributed by atoms with Crippen molar-refractivity contribution in [2.45, 2.75) is 50.2 Å². The highest BCUT2D eigenvalue weighted by Crippen LogP contribution is 2.68. The Morgan fingerprint density at radius 2 is 1.63 bits per heavy atom. The van der Waals surface area contributed by atoms with Crippen molar-refractivity contribution < 1.29 is 24.2 Å². The Balaban J connectivity index is 1.40. The molecule has 220 valence electrons. The fraction of sp³-hybridized carbons (Fsp3) is 0.516. The van der Waals surface area contributed by atoms with E-state index in [-0.39, 0.29) is 42.0 Å². The molecule has 3 N–H and O–H groups in total. The van der Waals surface area contributed by atoms with Gasteiger partial charge in [-0.2, -0.15) is 0 Å². The third-order valence-electron chi connectivity index (χ3n) is 8.83. The van der Waals surface area contributed by atoms with Crippen LogP contribution in [0.15, 0.2) is 48.5 Å². The highest BCUT2D eigenvalue weighted by Gasteiger charge is 2.75. The van der Waals surface area contributed by atoms with E-state index in [1.54, 1.807) is 36.0 Å². The standard InChI is InChI=1S/C31H40N4O5S/c1-5-34(6-2)22-12-8-20(9-13-22)33-29(38)27-31-19(4)18-24(41-31)25(26(31)30(39)35(27)16-17-36)28(37)32-21-10-14-23(15-11-21)40-7-3/h8-15,19,24-27,36H,5-7,16-18H2,1-4H3,(H,32,37)(H,33,38)/t19?,24-,25+,26+,27?,31?/m1/s1. The van der Waals surface area contributed by atoms with E-state index >= 15 is 0 Å². The molecule has 3 unspecified atom stereocenters. The normalized spacial score (nSPS) is 28.0. The minimum absolute atomic E-state index is 0.0429. The first-order valence-corrected chi connectivity index (χ1v) is 15.5. The van der Waals surface area contributed by atoms with Gasteiger partial charge in [-0.15, -0.1) is 11.8 Å². The molecular weight excluding hydrogens is 540 g/mol. The molecular formula is C31H40N4O5S. The van der Waals surface area contributed by atoms with E-state index in [4.69, 9.17) is 4.74 Å². The lowest BCUT2D eigenvalue weighted by atomic mass is 9.66. The summed E-state index contributed by atoms with van der Waals surface area (Å²) < 4.78 is 4.75. The van der Waals surface area contributed by atoms with Crippen molar-refractivity contribution >= 4 is 46.5 Å². The van der Waals surface area contributed by atoms with Crippen LogP contribution in [0, 0.1) is 17.8 Å². The smallest absolute Gasteiger partial charge is 0.248 e. The molecule has 3 heterocycles. The lowest BCUT2D eigenvalue weighted by molar-refractivity contribution is -0.138. The van der Waals surface area contributed by atoms with Gasteiger partial charge in [0.05, 0.1) is 29.8 Å². The van der Waals surface area contributed by atoms with Gasteiger partial charge in [0.15, 0.2) is 0 Å². The number of hydrogen-bond donors (Lipinski definition) is 3. The number of fused-ring (bicyclic) bond motifs is 1. The first-order chi connectivity index (χ1) is 19.8. The maximum atomic E-state index is 14.0. The summed E-state index contributed by atoms with van der Waals surface area (Å²) in [4.78, 5) is 45.4. The molecule has 5 rings (SSSR count). The van der Waals surface area contributed by atoms with Crippen molar-refractivity contribution in [2.75, 3.05) is 48.4 Å². The molecule has 6 atom stereocenters. The lowest BCUT2D eigenvalue weighted by Crippen LogP contribution is -2.55. The molecule has 0 saturated carbocycles. The molecule has 3 amide bonds. The molecule has 10 heteroatoms. The van der Waals surface area contributed by atoms with Gasteiger partial charge in [-0.3, -0.25) is 14.4 Å². The zero-order chi connectivity index (χ0) is 29.3. The average Bonchev–Trinajstić information content (AvgIpc) is 3.55. The Bertz CT molecular complexity index is 1270. The maximum absolute atomic E-state index is 14.0. The number of anilines is 3. The van der Waals surface area contributed by atoms with Crippen LogP contribution < -0.4 is 20.3 Å². The highest BCUT2D eigenvalue weighted by atomic mass is 32.2. The number of amides is 3. The summed E-state index contributed by atoms with van der Waals surface area (Å²) in [6, 6.07) is 14.1. The minimum atomic E-state index is -0.789. The van der Waals surface area contributed by atoms with E-state index in [0.29, 0.717) is 18.0 Å². The van der Waals surface area contributed by atoms with Crippen molar-refractivity contribution in [3.05, 3.63) is 48.5 Å². The second kappa shape index (κ2) is 11.9. The summed E-state index contributed by atoms with van der Waals surface area (Å²) >= 11 is 1.61. The number of ether oxygens (including phenoxy) is 1. The second-order valence-corrected chi connectivity index (χ2v) is 12.5. The van der Waals surface area contributed by atoms with Crippen LogP contribution in [0.3, 0.4) is 0 Å². The molecule has 3 saturated heterocycles.